The minimum atomic E-state index is -0.447. The number of H-pyrrole nitrogens is 1. The van der Waals surface area contributed by atoms with E-state index in [0.717, 1.165) is 22.2 Å². The van der Waals surface area contributed by atoms with Gasteiger partial charge in [0.1, 0.15) is 17.4 Å². The number of aryl methyl sites for hydroxylation is 1. The van der Waals surface area contributed by atoms with E-state index in [-0.39, 0.29) is 0 Å². The van der Waals surface area contributed by atoms with E-state index in [4.69, 9.17) is 10.5 Å². The van der Waals surface area contributed by atoms with E-state index in [1.165, 1.54) is 4.90 Å². The standard InChI is InChI=1S/C19H19N7O2/c1-25(2)19(27)28-13-4-5-15-16(7-13)24-18(23-15)14-6-11(8-21-17(14)20)12-9-22-26(3)10-12/h4-10H,1-3H3,(H2,20,21)(H,23,24). The Balaban J connectivity index is 1.72. The fourth-order valence-corrected chi connectivity index (χ4v) is 2.77. The van der Waals surface area contributed by atoms with E-state index in [1.54, 1.807) is 49.4 Å². The highest BCUT2D eigenvalue weighted by molar-refractivity contribution is 5.84. The van der Waals surface area contributed by atoms with Gasteiger partial charge in [-0.1, -0.05) is 0 Å². The molecular weight excluding hydrogens is 358 g/mol. The largest absolute Gasteiger partial charge is 0.414 e. The number of anilines is 1. The molecule has 9 heteroatoms. The summed E-state index contributed by atoms with van der Waals surface area (Å²) < 4.78 is 7.02. The number of hydrogen-bond acceptors (Lipinski definition) is 6. The number of rotatable bonds is 3. The number of aromatic nitrogens is 5. The van der Waals surface area contributed by atoms with Gasteiger partial charge in [0.25, 0.3) is 0 Å². The second kappa shape index (κ2) is 6.69. The number of amides is 1. The van der Waals surface area contributed by atoms with Crippen molar-refractivity contribution in [3.8, 4) is 28.3 Å². The van der Waals surface area contributed by atoms with Crippen LogP contribution >= 0.6 is 0 Å². The molecule has 4 aromatic rings. The molecule has 142 valence electrons. The van der Waals surface area contributed by atoms with E-state index in [0.29, 0.717) is 23.0 Å². The van der Waals surface area contributed by atoms with Crippen LogP contribution in [0.2, 0.25) is 0 Å². The molecule has 1 aromatic carbocycles. The second-order valence-corrected chi connectivity index (χ2v) is 6.59. The number of hydrogen-bond donors (Lipinski definition) is 2. The third-order valence-electron chi connectivity index (χ3n) is 4.24. The molecule has 3 heterocycles. The molecule has 4 rings (SSSR count). The summed E-state index contributed by atoms with van der Waals surface area (Å²) in [7, 11) is 5.11. The van der Waals surface area contributed by atoms with Crippen LogP contribution in [0.3, 0.4) is 0 Å². The summed E-state index contributed by atoms with van der Waals surface area (Å²) in [5, 5.41) is 4.19. The normalized spacial score (nSPS) is 11.0. The van der Waals surface area contributed by atoms with Gasteiger partial charge in [-0.25, -0.2) is 14.8 Å². The maximum Gasteiger partial charge on any atom is 0.414 e. The van der Waals surface area contributed by atoms with Crippen LogP contribution < -0.4 is 10.5 Å². The maximum absolute atomic E-state index is 11.7. The van der Waals surface area contributed by atoms with E-state index in [2.05, 4.69) is 20.1 Å². The van der Waals surface area contributed by atoms with Gasteiger partial charge < -0.3 is 20.4 Å². The Bertz CT molecular complexity index is 1180. The zero-order valence-electron chi connectivity index (χ0n) is 15.7. The van der Waals surface area contributed by atoms with Gasteiger partial charge >= 0.3 is 6.09 Å². The monoisotopic (exact) mass is 377 g/mol. The van der Waals surface area contributed by atoms with Crippen molar-refractivity contribution in [2.75, 3.05) is 19.8 Å². The number of pyridine rings is 1. The highest BCUT2D eigenvalue weighted by Crippen LogP contribution is 2.30. The van der Waals surface area contributed by atoms with Crippen LogP contribution in [0.15, 0.2) is 42.9 Å². The molecule has 1 amide bonds. The molecular formula is C19H19N7O2. The van der Waals surface area contributed by atoms with Crippen molar-refractivity contribution in [2.24, 2.45) is 7.05 Å². The predicted molar refractivity (Wildman–Crippen MR) is 106 cm³/mol. The molecule has 3 N–H and O–H groups in total. The van der Waals surface area contributed by atoms with Crippen molar-refractivity contribution in [2.45, 2.75) is 0 Å². The van der Waals surface area contributed by atoms with Crippen LogP contribution in [-0.4, -0.2) is 49.8 Å². The van der Waals surface area contributed by atoms with Gasteiger partial charge in [-0.15, -0.1) is 0 Å². The third-order valence-corrected chi connectivity index (χ3v) is 4.24. The molecule has 28 heavy (non-hydrogen) atoms. The van der Waals surface area contributed by atoms with Crippen molar-refractivity contribution in [3.05, 3.63) is 42.9 Å². The number of fused-ring (bicyclic) bond motifs is 1. The molecule has 0 spiro atoms. The zero-order valence-corrected chi connectivity index (χ0v) is 15.7. The fourth-order valence-electron chi connectivity index (χ4n) is 2.77. The van der Waals surface area contributed by atoms with Crippen LogP contribution in [0.5, 0.6) is 5.75 Å². The molecule has 0 fully saturated rings. The van der Waals surface area contributed by atoms with Crippen LogP contribution in [0.4, 0.5) is 10.6 Å². The maximum atomic E-state index is 11.7. The highest BCUT2D eigenvalue weighted by atomic mass is 16.6. The van der Waals surface area contributed by atoms with Gasteiger partial charge in [-0.3, -0.25) is 4.68 Å². The van der Waals surface area contributed by atoms with E-state index >= 15 is 0 Å². The summed E-state index contributed by atoms with van der Waals surface area (Å²) in [6.07, 6.45) is 4.93. The van der Waals surface area contributed by atoms with Gasteiger partial charge in [-0.2, -0.15) is 5.10 Å². The number of benzene rings is 1. The minimum Gasteiger partial charge on any atom is -0.410 e. The van der Waals surface area contributed by atoms with Crippen molar-refractivity contribution in [3.63, 3.8) is 0 Å². The first kappa shape index (κ1) is 17.5. The number of carbonyl (C=O) groups is 1. The zero-order chi connectivity index (χ0) is 19.8. The fraction of sp³-hybridized carbons (Fsp3) is 0.158. The van der Waals surface area contributed by atoms with Crippen molar-refractivity contribution in [1.82, 2.24) is 29.6 Å². The topological polar surface area (TPSA) is 115 Å². The molecule has 0 atom stereocenters. The number of nitrogens with zero attached hydrogens (tertiary/aromatic N) is 5. The SMILES string of the molecule is CN(C)C(=O)Oc1ccc2nc(-c3cc(-c4cnn(C)c4)cnc3N)[nH]c2c1. The molecule has 9 nitrogen and oxygen atoms in total. The first-order valence-electron chi connectivity index (χ1n) is 8.54. The summed E-state index contributed by atoms with van der Waals surface area (Å²) >= 11 is 0. The van der Waals surface area contributed by atoms with Gasteiger partial charge in [0.2, 0.25) is 0 Å². The summed E-state index contributed by atoms with van der Waals surface area (Å²) in [6.45, 7) is 0. The summed E-state index contributed by atoms with van der Waals surface area (Å²) in [6, 6.07) is 7.12. The first-order valence-corrected chi connectivity index (χ1v) is 8.54. The van der Waals surface area contributed by atoms with Crippen molar-refractivity contribution in [1.29, 1.82) is 0 Å². The van der Waals surface area contributed by atoms with E-state index < -0.39 is 6.09 Å². The molecule has 0 unspecified atom stereocenters. The molecule has 3 aromatic heterocycles. The van der Waals surface area contributed by atoms with Crippen molar-refractivity contribution >= 4 is 22.9 Å². The number of ether oxygens (including phenoxy) is 1. The quantitative estimate of drug-likeness (QED) is 0.567. The molecule has 0 bridgehead atoms. The number of nitrogen functional groups attached to an aromatic ring is 1. The molecule has 0 aliphatic rings. The Morgan fingerprint density at radius 2 is 2.04 bits per heavy atom. The lowest BCUT2D eigenvalue weighted by molar-refractivity contribution is 0.172. The Hall–Kier alpha value is -3.88. The number of imidazole rings is 1. The first-order chi connectivity index (χ1) is 13.4. The Morgan fingerprint density at radius 3 is 2.75 bits per heavy atom. The van der Waals surface area contributed by atoms with Crippen molar-refractivity contribution < 1.29 is 9.53 Å². The number of nitrogens with one attached hydrogen (secondary N) is 1. The minimum absolute atomic E-state index is 0.367. The highest BCUT2D eigenvalue weighted by Gasteiger charge is 2.14. The summed E-state index contributed by atoms with van der Waals surface area (Å²) in [5.41, 5.74) is 10.1. The lowest BCUT2D eigenvalue weighted by atomic mass is 10.1. The molecule has 0 radical (unpaired) electrons. The number of nitrogens with two attached hydrogens (primary N) is 1. The van der Waals surface area contributed by atoms with Gasteiger partial charge in [0.05, 0.1) is 22.8 Å². The molecule has 0 saturated carbocycles. The van der Waals surface area contributed by atoms with Crippen LogP contribution in [0.25, 0.3) is 33.5 Å². The van der Waals surface area contributed by atoms with E-state index in [9.17, 15) is 4.79 Å². The Morgan fingerprint density at radius 1 is 1.21 bits per heavy atom. The van der Waals surface area contributed by atoms with Crippen LogP contribution in [0, 0.1) is 0 Å². The molecule has 0 saturated heterocycles. The number of carbonyl (C=O) groups excluding carboxylic acids is 1. The average molecular weight is 377 g/mol. The summed E-state index contributed by atoms with van der Waals surface area (Å²) in [4.78, 5) is 25.2. The Labute approximate surface area is 160 Å². The summed E-state index contributed by atoms with van der Waals surface area (Å²) in [5.74, 6) is 1.38. The third kappa shape index (κ3) is 3.25. The molecule has 0 aliphatic heterocycles. The van der Waals surface area contributed by atoms with Gasteiger partial charge in [-0.05, 0) is 18.2 Å². The predicted octanol–water partition coefficient (Wildman–Crippen LogP) is 2.67. The average Bonchev–Trinajstić information content (AvgIpc) is 3.27. The van der Waals surface area contributed by atoms with Gasteiger partial charge in [0.15, 0.2) is 0 Å². The van der Waals surface area contributed by atoms with Crippen LogP contribution in [0.1, 0.15) is 0 Å². The lowest BCUT2D eigenvalue weighted by Crippen LogP contribution is -2.25. The van der Waals surface area contributed by atoms with Crippen LogP contribution in [-0.2, 0) is 7.05 Å². The number of aromatic amines is 1. The second-order valence-electron chi connectivity index (χ2n) is 6.59. The smallest absolute Gasteiger partial charge is 0.410 e. The Kier molecular flexibility index (Phi) is 4.19. The van der Waals surface area contributed by atoms with E-state index in [1.807, 2.05) is 19.3 Å². The van der Waals surface area contributed by atoms with Gasteiger partial charge in [0, 0.05) is 50.7 Å². The molecule has 0 aliphatic carbocycles. The lowest BCUT2D eigenvalue weighted by Gasteiger charge is -2.10.